The number of nitrogens with one attached hydrogen (secondary N) is 2. The van der Waals surface area contributed by atoms with Crippen LogP contribution in [0.1, 0.15) is 60.3 Å². The molecule has 0 amide bonds. The van der Waals surface area contributed by atoms with Crippen LogP contribution in [0.2, 0.25) is 0 Å². The van der Waals surface area contributed by atoms with Crippen molar-refractivity contribution in [2.75, 3.05) is 13.2 Å². The molecule has 1 saturated carbocycles. The van der Waals surface area contributed by atoms with Crippen LogP contribution in [0.4, 0.5) is 4.39 Å². The van der Waals surface area contributed by atoms with Gasteiger partial charge in [-0.2, -0.15) is 0 Å². The SMILES string of the molecule is CC(C)C(C)NCCCC(C)(C)NS(=O)(=O)c1ccc(F)c(OCC2CC2)c1. The lowest BCUT2D eigenvalue weighted by atomic mass is 9.99. The minimum Gasteiger partial charge on any atom is -0.490 e. The maximum Gasteiger partial charge on any atom is 0.241 e. The van der Waals surface area contributed by atoms with Crippen LogP contribution in [-0.4, -0.2) is 33.2 Å². The Balaban J connectivity index is 1.94. The van der Waals surface area contributed by atoms with Gasteiger partial charge >= 0.3 is 0 Å². The second-order valence-electron chi connectivity index (χ2n) is 8.93. The molecular weight excluding hydrogens is 379 g/mol. The molecule has 0 radical (unpaired) electrons. The summed E-state index contributed by atoms with van der Waals surface area (Å²) in [4.78, 5) is 0.0272. The Morgan fingerprint density at radius 3 is 2.54 bits per heavy atom. The Labute approximate surface area is 169 Å². The Bertz CT molecular complexity index is 746. The zero-order chi connectivity index (χ0) is 20.9. The van der Waals surface area contributed by atoms with E-state index in [-0.39, 0.29) is 10.6 Å². The first-order chi connectivity index (χ1) is 13.0. The summed E-state index contributed by atoms with van der Waals surface area (Å²) in [5.41, 5.74) is -0.606. The molecule has 1 fully saturated rings. The van der Waals surface area contributed by atoms with Crippen molar-refractivity contribution >= 4 is 10.0 Å². The van der Waals surface area contributed by atoms with Gasteiger partial charge in [0.2, 0.25) is 10.0 Å². The van der Waals surface area contributed by atoms with Crippen molar-refractivity contribution in [2.45, 2.75) is 76.8 Å². The summed E-state index contributed by atoms with van der Waals surface area (Å²) in [6, 6.07) is 4.14. The van der Waals surface area contributed by atoms with E-state index in [4.69, 9.17) is 4.74 Å². The maximum atomic E-state index is 13.9. The van der Waals surface area contributed by atoms with Crippen LogP contribution in [0, 0.1) is 17.7 Å². The highest BCUT2D eigenvalue weighted by Crippen LogP contribution is 2.31. The van der Waals surface area contributed by atoms with Crippen molar-refractivity contribution < 1.29 is 17.5 Å². The van der Waals surface area contributed by atoms with Gasteiger partial charge in [0.15, 0.2) is 11.6 Å². The summed E-state index contributed by atoms with van der Waals surface area (Å²) in [5.74, 6) is 0.480. The number of hydrogen-bond donors (Lipinski definition) is 2. The normalized spacial score (nSPS) is 16.4. The maximum absolute atomic E-state index is 13.9. The van der Waals surface area contributed by atoms with E-state index in [9.17, 15) is 12.8 Å². The number of hydrogen-bond acceptors (Lipinski definition) is 4. The summed E-state index contributed by atoms with van der Waals surface area (Å²) < 4.78 is 47.7. The van der Waals surface area contributed by atoms with E-state index in [1.165, 1.54) is 12.1 Å². The number of rotatable bonds is 12. The first-order valence-electron chi connectivity index (χ1n) is 10.2. The van der Waals surface area contributed by atoms with Gasteiger partial charge in [0.05, 0.1) is 11.5 Å². The molecule has 0 saturated heterocycles. The summed E-state index contributed by atoms with van der Waals surface area (Å²) >= 11 is 0. The van der Waals surface area contributed by atoms with E-state index >= 15 is 0 Å². The van der Waals surface area contributed by atoms with Gasteiger partial charge in [0.25, 0.3) is 0 Å². The topological polar surface area (TPSA) is 67.4 Å². The lowest BCUT2D eigenvalue weighted by Crippen LogP contribution is -2.44. The number of ether oxygens (including phenoxy) is 1. The van der Waals surface area contributed by atoms with Crippen molar-refractivity contribution in [3.05, 3.63) is 24.0 Å². The highest BCUT2D eigenvalue weighted by molar-refractivity contribution is 7.89. The summed E-state index contributed by atoms with van der Waals surface area (Å²) in [6.45, 7) is 11.5. The average molecular weight is 415 g/mol. The van der Waals surface area contributed by atoms with E-state index in [1.807, 2.05) is 13.8 Å². The Kier molecular flexibility index (Phi) is 7.88. The van der Waals surface area contributed by atoms with E-state index in [0.717, 1.165) is 31.9 Å². The molecule has 7 heteroatoms. The predicted octanol–water partition coefficient (Wildman–Crippen LogP) is 4.09. The molecule has 5 nitrogen and oxygen atoms in total. The lowest BCUT2D eigenvalue weighted by molar-refractivity contribution is 0.284. The highest BCUT2D eigenvalue weighted by Gasteiger charge is 2.27. The Hall–Kier alpha value is -1.18. The van der Waals surface area contributed by atoms with Crippen molar-refractivity contribution in [1.29, 1.82) is 0 Å². The molecule has 0 spiro atoms. The molecule has 1 aliphatic carbocycles. The third-order valence-electron chi connectivity index (χ3n) is 5.24. The summed E-state index contributed by atoms with van der Waals surface area (Å²) in [7, 11) is -3.76. The molecule has 0 heterocycles. The van der Waals surface area contributed by atoms with Crippen LogP contribution in [0.25, 0.3) is 0 Å². The number of benzene rings is 1. The van der Waals surface area contributed by atoms with Crippen LogP contribution in [0.3, 0.4) is 0 Å². The zero-order valence-corrected chi connectivity index (χ0v) is 18.5. The van der Waals surface area contributed by atoms with Gasteiger partial charge in [-0.05, 0) is 77.0 Å². The molecule has 0 aliphatic heterocycles. The van der Waals surface area contributed by atoms with Crippen molar-refractivity contribution in [3.63, 3.8) is 0 Å². The Morgan fingerprint density at radius 1 is 1.25 bits per heavy atom. The third-order valence-corrected chi connectivity index (χ3v) is 6.94. The molecule has 2 N–H and O–H groups in total. The van der Waals surface area contributed by atoms with E-state index in [0.29, 0.717) is 30.9 Å². The van der Waals surface area contributed by atoms with Crippen LogP contribution in [0.5, 0.6) is 5.75 Å². The molecule has 0 bridgehead atoms. The zero-order valence-electron chi connectivity index (χ0n) is 17.7. The van der Waals surface area contributed by atoms with Gasteiger partial charge < -0.3 is 10.1 Å². The third kappa shape index (κ3) is 7.33. The van der Waals surface area contributed by atoms with Crippen LogP contribution < -0.4 is 14.8 Å². The second kappa shape index (κ2) is 9.55. The molecule has 1 unspecified atom stereocenters. The van der Waals surface area contributed by atoms with Crippen LogP contribution in [0.15, 0.2) is 23.1 Å². The predicted molar refractivity (Wildman–Crippen MR) is 111 cm³/mol. The quantitative estimate of drug-likeness (QED) is 0.506. The van der Waals surface area contributed by atoms with Crippen molar-refractivity contribution in [3.8, 4) is 5.75 Å². The monoisotopic (exact) mass is 414 g/mol. The summed E-state index contributed by atoms with van der Waals surface area (Å²) in [6.07, 6.45) is 3.71. The molecule has 1 aromatic rings. The van der Waals surface area contributed by atoms with Crippen LogP contribution >= 0.6 is 0 Å². The first kappa shape index (κ1) is 23.1. The minimum absolute atomic E-state index is 0.000505. The van der Waals surface area contributed by atoms with Gasteiger partial charge in [-0.3, -0.25) is 0 Å². The molecule has 0 aromatic heterocycles. The second-order valence-corrected chi connectivity index (χ2v) is 10.6. The average Bonchev–Trinajstić information content (AvgIpc) is 3.41. The smallest absolute Gasteiger partial charge is 0.241 e. The molecule has 1 aromatic carbocycles. The molecule has 2 rings (SSSR count). The number of halogens is 1. The van der Waals surface area contributed by atoms with E-state index in [1.54, 1.807) is 0 Å². The van der Waals surface area contributed by atoms with E-state index < -0.39 is 21.4 Å². The van der Waals surface area contributed by atoms with Crippen molar-refractivity contribution in [2.24, 2.45) is 11.8 Å². The molecule has 160 valence electrons. The van der Waals surface area contributed by atoms with Gasteiger partial charge in [-0.15, -0.1) is 0 Å². The van der Waals surface area contributed by atoms with Crippen LogP contribution in [-0.2, 0) is 10.0 Å². The highest BCUT2D eigenvalue weighted by atomic mass is 32.2. The molecule has 1 atom stereocenters. The van der Waals surface area contributed by atoms with Gasteiger partial charge in [0, 0.05) is 17.6 Å². The fourth-order valence-electron chi connectivity index (χ4n) is 2.82. The van der Waals surface area contributed by atoms with Gasteiger partial charge in [-0.25, -0.2) is 17.5 Å². The fraction of sp³-hybridized carbons (Fsp3) is 0.714. The fourth-order valence-corrected chi connectivity index (χ4v) is 4.28. The molecule has 1 aliphatic rings. The minimum atomic E-state index is -3.76. The van der Waals surface area contributed by atoms with E-state index in [2.05, 4.69) is 30.8 Å². The largest absolute Gasteiger partial charge is 0.490 e. The lowest BCUT2D eigenvalue weighted by Gasteiger charge is -2.27. The molecule has 28 heavy (non-hydrogen) atoms. The summed E-state index contributed by atoms with van der Waals surface area (Å²) in [5, 5.41) is 3.46. The van der Waals surface area contributed by atoms with Crippen molar-refractivity contribution in [1.82, 2.24) is 10.0 Å². The van der Waals surface area contributed by atoms with Gasteiger partial charge in [0.1, 0.15) is 0 Å². The van der Waals surface area contributed by atoms with Gasteiger partial charge in [-0.1, -0.05) is 13.8 Å². The first-order valence-corrected chi connectivity index (χ1v) is 11.7. The Morgan fingerprint density at radius 2 is 1.93 bits per heavy atom. The number of sulfonamides is 1. The molecular formula is C21H35FN2O3S. The standard InChI is InChI=1S/C21H35FN2O3S/c1-15(2)16(3)23-12-6-11-21(4,5)24-28(25,26)18-9-10-19(22)20(13-18)27-14-17-7-8-17/h9-10,13,15-17,23-24H,6-8,11-12,14H2,1-5H3.